The van der Waals surface area contributed by atoms with Gasteiger partial charge in [0.1, 0.15) is 11.6 Å². The molecule has 5 heteroatoms. The normalized spacial score (nSPS) is 11.1. The molecule has 0 spiro atoms. The van der Waals surface area contributed by atoms with Crippen molar-refractivity contribution in [1.82, 2.24) is 15.0 Å². The Morgan fingerprint density at radius 2 is 2.31 bits per heavy atom. The van der Waals surface area contributed by atoms with Crippen LogP contribution in [0.5, 0.6) is 0 Å². The molecule has 1 aromatic heterocycles. The van der Waals surface area contributed by atoms with E-state index in [-0.39, 0.29) is 5.89 Å². The van der Waals surface area contributed by atoms with Crippen LogP contribution < -0.4 is 0 Å². The number of nitriles is 1. The first kappa shape index (κ1) is 9.26. The Hall–Kier alpha value is -1.83. The molecule has 0 aliphatic heterocycles. The van der Waals surface area contributed by atoms with E-state index in [2.05, 4.69) is 10.1 Å². The van der Waals surface area contributed by atoms with Gasteiger partial charge in [0, 0.05) is 20.3 Å². The van der Waals surface area contributed by atoms with E-state index in [4.69, 9.17) is 9.78 Å². The molecule has 0 saturated carbocycles. The highest BCUT2D eigenvalue weighted by Gasteiger charge is 2.08. The summed E-state index contributed by atoms with van der Waals surface area (Å²) in [6.07, 6.45) is 1.63. The zero-order valence-electron chi connectivity index (χ0n) is 7.77. The maximum Gasteiger partial charge on any atom is 0.270 e. The van der Waals surface area contributed by atoms with Gasteiger partial charge in [-0.15, -0.1) is 0 Å². The van der Waals surface area contributed by atoms with E-state index in [0.29, 0.717) is 11.4 Å². The van der Waals surface area contributed by atoms with Crippen LogP contribution in [0.1, 0.15) is 11.7 Å². The van der Waals surface area contributed by atoms with Gasteiger partial charge >= 0.3 is 0 Å². The van der Waals surface area contributed by atoms with Crippen LogP contribution >= 0.6 is 0 Å². The number of rotatable bonds is 2. The van der Waals surface area contributed by atoms with Crippen molar-refractivity contribution in [1.29, 1.82) is 5.26 Å². The average Bonchev–Trinajstić information content (AvgIpc) is 2.47. The van der Waals surface area contributed by atoms with Crippen molar-refractivity contribution >= 4 is 5.57 Å². The lowest BCUT2D eigenvalue weighted by Crippen LogP contribution is -2.02. The second kappa shape index (κ2) is 3.72. The zero-order valence-corrected chi connectivity index (χ0v) is 7.77. The Bertz CT molecular complexity index is 358. The molecule has 0 saturated heterocycles. The van der Waals surface area contributed by atoms with Crippen molar-refractivity contribution in [2.75, 3.05) is 14.1 Å². The molecule has 0 N–H and O–H groups in total. The Balaban J connectivity index is 2.99. The third-order valence-corrected chi connectivity index (χ3v) is 1.27. The molecule has 0 bridgehead atoms. The monoisotopic (exact) mass is 178 g/mol. The molecule has 68 valence electrons. The Morgan fingerprint density at radius 1 is 1.62 bits per heavy atom. The van der Waals surface area contributed by atoms with Crippen LogP contribution in [0.15, 0.2) is 10.7 Å². The molecule has 0 aromatic carbocycles. The number of aryl methyl sites for hydroxylation is 1. The molecule has 0 aliphatic carbocycles. The minimum atomic E-state index is 0.258. The molecule has 1 rings (SSSR count). The minimum absolute atomic E-state index is 0.258. The van der Waals surface area contributed by atoms with E-state index >= 15 is 0 Å². The molecule has 0 fully saturated rings. The lowest BCUT2D eigenvalue weighted by atomic mass is 10.3. The summed E-state index contributed by atoms with van der Waals surface area (Å²) in [5.74, 6) is 0.781. The highest BCUT2D eigenvalue weighted by molar-refractivity contribution is 5.70. The number of nitrogens with zero attached hydrogens (tertiary/aromatic N) is 4. The molecule has 1 aromatic rings. The summed E-state index contributed by atoms with van der Waals surface area (Å²) < 4.78 is 4.84. The molecule has 5 nitrogen and oxygen atoms in total. The quantitative estimate of drug-likeness (QED) is 0.627. The van der Waals surface area contributed by atoms with Crippen molar-refractivity contribution in [3.05, 3.63) is 17.9 Å². The van der Waals surface area contributed by atoms with E-state index in [1.165, 1.54) is 0 Å². The second-order valence-corrected chi connectivity index (χ2v) is 2.76. The van der Waals surface area contributed by atoms with E-state index in [1.807, 2.05) is 20.2 Å². The summed E-state index contributed by atoms with van der Waals surface area (Å²) in [5.41, 5.74) is 0.366. The topological polar surface area (TPSA) is 66.0 Å². The van der Waals surface area contributed by atoms with Crippen LogP contribution in [0, 0.1) is 18.3 Å². The largest absolute Gasteiger partial charge is 0.382 e. The SMILES string of the molecule is Cc1noc(/C(C#N)=C/N(C)C)n1. The van der Waals surface area contributed by atoms with Gasteiger partial charge in [-0.3, -0.25) is 0 Å². The van der Waals surface area contributed by atoms with E-state index in [9.17, 15) is 0 Å². The average molecular weight is 178 g/mol. The smallest absolute Gasteiger partial charge is 0.270 e. The van der Waals surface area contributed by atoms with Crippen LogP contribution in [0.4, 0.5) is 0 Å². The molecule has 0 aliphatic rings. The van der Waals surface area contributed by atoms with Gasteiger partial charge in [-0.25, -0.2) is 0 Å². The standard InChI is InChI=1S/C8H10N4O/c1-6-10-8(13-11-6)7(4-9)5-12(2)3/h5H,1-3H3/b7-5+. The van der Waals surface area contributed by atoms with Crippen LogP contribution in [0.3, 0.4) is 0 Å². The number of allylic oxidation sites excluding steroid dienone is 1. The zero-order chi connectivity index (χ0) is 9.84. The summed E-state index contributed by atoms with van der Waals surface area (Å²) in [5, 5.41) is 12.4. The van der Waals surface area contributed by atoms with Crippen LogP contribution in [-0.4, -0.2) is 29.1 Å². The molecule has 0 radical (unpaired) electrons. The Morgan fingerprint density at radius 3 is 2.69 bits per heavy atom. The summed E-state index contributed by atoms with van der Waals surface area (Å²) in [4.78, 5) is 5.69. The van der Waals surface area contributed by atoms with Crippen molar-refractivity contribution in [3.63, 3.8) is 0 Å². The van der Waals surface area contributed by atoms with Gasteiger partial charge in [-0.2, -0.15) is 10.2 Å². The molecular formula is C8H10N4O. The highest BCUT2D eigenvalue weighted by Crippen LogP contribution is 2.10. The first-order valence-corrected chi connectivity index (χ1v) is 3.72. The third kappa shape index (κ3) is 2.30. The predicted molar refractivity (Wildman–Crippen MR) is 46.3 cm³/mol. The third-order valence-electron chi connectivity index (χ3n) is 1.27. The molecule has 0 atom stereocenters. The van der Waals surface area contributed by atoms with E-state index < -0.39 is 0 Å². The fraction of sp³-hybridized carbons (Fsp3) is 0.375. The highest BCUT2D eigenvalue weighted by atomic mass is 16.5. The van der Waals surface area contributed by atoms with Crippen LogP contribution in [-0.2, 0) is 0 Å². The lowest BCUT2D eigenvalue weighted by Gasteiger charge is -2.03. The summed E-state index contributed by atoms with van der Waals surface area (Å²) in [6, 6.07) is 1.99. The second-order valence-electron chi connectivity index (χ2n) is 2.76. The van der Waals surface area contributed by atoms with Gasteiger partial charge in [0.2, 0.25) is 0 Å². The Labute approximate surface area is 76.3 Å². The summed E-state index contributed by atoms with van der Waals surface area (Å²) in [6.45, 7) is 1.71. The van der Waals surface area contributed by atoms with Gasteiger partial charge < -0.3 is 9.42 Å². The summed E-state index contributed by atoms with van der Waals surface area (Å²) in [7, 11) is 3.64. The maximum atomic E-state index is 8.76. The van der Waals surface area contributed by atoms with E-state index in [1.54, 1.807) is 18.0 Å². The number of aromatic nitrogens is 2. The van der Waals surface area contributed by atoms with Gasteiger partial charge in [0.25, 0.3) is 5.89 Å². The van der Waals surface area contributed by atoms with Crippen molar-refractivity contribution in [2.24, 2.45) is 0 Å². The predicted octanol–water partition coefficient (Wildman–Crippen LogP) is 0.804. The van der Waals surface area contributed by atoms with Gasteiger partial charge in [-0.05, 0) is 6.92 Å². The molecule has 1 heterocycles. The van der Waals surface area contributed by atoms with Crippen molar-refractivity contribution in [2.45, 2.75) is 6.92 Å². The van der Waals surface area contributed by atoms with Gasteiger partial charge in [0.15, 0.2) is 5.82 Å². The van der Waals surface area contributed by atoms with E-state index in [0.717, 1.165) is 0 Å². The van der Waals surface area contributed by atoms with Crippen LogP contribution in [0.2, 0.25) is 0 Å². The minimum Gasteiger partial charge on any atom is -0.382 e. The number of hydrogen-bond acceptors (Lipinski definition) is 5. The fourth-order valence-corrected chi connectivity index (χ4v) is 0.797. The van der Waals surface area contributed by atoms with Crippen molar-refractivity contribution < 1.29 is 4.52 Å². The first-order chi connectivity index (χ1) is 6.13. The van der Waals surface area contributed by atoms with Crippen molar-refractivity contribution in [3.8, 4) is 6.07 Å². The molecule has 0 unspecified atom stereocenters. The van der Waals surface area contributed by atoms with Gasteiger partial charge in [-0.1, -0.05) is 5.16 Å². The Kier molecular flexibility index (Phi) is 2.65. The summed E-state index contributed by atoms with van der Waals surface area (Å²) >= 11 is 0. The molecule has 13 heavy (non-hydrogen) atoms. The molecule has 0 amide bonds. The molecular weight excluding hydrogens is 168 g/mol. The first-order valence-electron chi connectivity index (χ1n) is 3.72. The fourth-order valence-electron chi connectivity index (χ4n) is 0.797. The lowest BCUT2D eigenvalue weighted by molar-refractivity contribution is 0.402. The maximum absolute atomic E-state index is 8.76. The number of hydrogen-bond donors (Lipinski definition) is 0. The van der Waals surface area contributed by atoms with Crippen LogP contribution in [0.25, 0.3) is 5.57 Å². The van der Waals surface area contributed by atoms with Gasteiger partial charge in [0.05, 0.1) is 0 Å².